The molecule has 19 heavy (non-hydrogen) atoms. The molecule has 0 fully saturated rings. The molecule has 0 aromatic heterocycles. The number of hydrogen-bond donors (Lipinski definition) is 2. The Kier molecular flexibility index (Phi) is 5.38. The van der Waals surface area contributed by atoms with Crippen molar-refractivity contribution in [3.8, 4) is 0 Å². The quantitative estimate of drug-likeness (QED) is 0.620. The Morgan fingerprint density at radius 3 is 2.42 bits per heavy atom. The van der Waals surface area contributed by atoms with Crippen LogP contribution >= 0.6 is 23.2 Å². The third-order valence-corrected chi connectivity index (χ3v) is 2.98. The van der Waals surface area contributed by atoms with Gasteiger partial charge in [-0.15, -0.1) is 0 Å². The number of benzene rings is 1. The van der Waals surface area contributed by atoms with Crippen LogP contribution in [0, 0.1) is 16.0 Å². The molecule has 8 heteroatoms. The highest BCUT2D eigenvalue weighted by atomic mass is 35.5. The first-order chi connectivity index (χ1) is 8.81. The van der Waals surface area contributed by atoms with Crippen molar-refractivity contribution < 1.29 is 14.8 Å². The third kappa shape index (κ3) is 4.57. The summed E-state index contributed by atoms with van der Waals surface area (Å²) in [5.41, 5.74) is 0.172. The maximum absolute atomic E-state index is 10.6. The summed E-state index contributed by atoms with van der Waals surface area (Å²) < 4.78 is 0. The van der Waals surface area contributed by atoms with Gasteiger partial charge in [-0.2, -0.15) is 0 Å². The van der Waals surface area contributed by atoms with Gasteiger partial charge in [-0.3, -0.25) is 14.9 Å². The van der Waals surface area contributed by atoms with E-state index in [1.165, 1.54) is 12.1 Å². The van der Waals surface area contributed by atoms with Gasteiger partial charge in [0.05, 0.1) is 20.7 Å². The monoisotopic (exact) mass is 306 g/mol. The van der Waals surface area contributed by atoms with Crippen LogP contribution in [0.15, 0.2) is 12.1 Å². The van der Waals surface area contributed by atoms with E-state index in [0.29, 0.717) is 12.2 Å². The third-order valence-electron chi connectivity index (χ3n) is 2.39. The molecule has 0 spiro atoms. The zero-order valence-corrected chi connectivity index (χ0v) is 11.5. The van der Waals surface area contributed by atoms with Crippen molar-refractivity contribution in [2.75, 3.05) is 11.9 Å². The number of hydrogen-bond acceptors (Lipinski definition) is 4. The maximum atomic E-state index is 10.6. The summed E-state index contributed by atoms with van der Waals surface area (Å²) in [5.74, 6) is -1.02. The van der Waals surface area contributed by atoms with Crippen LogP contribution in [0.4, 0.5) is 11.4 Å². The second kappa shape index (κ2) is 6.58. The number of rotatable bonds is 6. The Morgan fingerprint density at radius 2 is 2.00 bits per heavy atom. The summed E-state index contributed by atoms with van der Waals surface area (Å²) in [6.07, 6.45) is 0.00915. The molecule has 1 unspecified atom stereocenters. The molecule has 0 aliphatic heterocycles. The van der Waals surface area contributed by atoms with Crippen LogP contribution in [0.3, 0.4) is 0 Å². The van der Waals surface area contributed by atoms with Crippen molar-refractivity contribution in [3.05, 3.63) is 32.3 Å². The van der Waals surface area contributed by atoms with E-state index in [2.05, 4.69) is 5.32 Å². The van der Waals surface area contributed by atoms with Gasteiger partial charge < -0.3 is 10.4 Å². The standard InChI is InChI=1S/C11H12Cl2N2O4/c1-6(2-10(16)17)5-14-11-8(12)3-7(15(18)19)4-9(11)13/h3-4,6,14H,2,5H2,1H3,(H,16,17). The van der Waals surface area contributed by atoms with Gasteiger partial charge in [-0.25, -0.2) is 0 Å². The van der Waals surface area contributed by atoms with Crippen LogP contribution in [-0.2, 0) is 4.79 Å². The van der Waals surface area contributed by atoms with Crippen molar-refractivity contribution in [2.45, 2.75) is 13.3 Å². The maximum Gasteiger partial charge on any atom is 0.303 e. The van der Waals surface area contributed by atoms with Gasteiger partial charge in [-0.05, 0) is 5.92 Å². The number of carbonyl (C=O) groups is 1. The van der Waals surface area contributed by atoms with Gasteiger partial charge in [0.25, 0.3) is 5.69 Å². The lowest BCUT2D eigenvalue weighted by Gasteiger charge is -2.14. The molecule has 0 saturated heterocycles. The van der Waals surface area contributed by atoms with E-state index in [-0.39, 0.29) is 28.1 Å². The van der Waals surface area contributed by atoms with E-state index >= 15 is 0 Å². The van der Waals surface area contributed by atoms with Crippen LogP contribution in [0.25, 0.3) is 0 Å². The minimum Gasteiger partial charge on any atom is -0.481 e. The van der Waals surface area contributed by atoms with E-state index in [4.69, 9.17) is 28.3 Å². The first-order valence-electron chi connectivity index (χ1n) is 5.40. The minimum atomic E-state index is -0.893. The van der Waals surface area contributed by atoms with E-state index < -0.39 is 10.9 Å². The highest BCUT2D eigenvalue weighted by Gasteiger charge is 2.15. The molecule has 0 aliphatic carbocycles. The number of nitrogens with one attached hydrogen (secondary N) is 1. The topological polar surface area (TPSA) is 92.5 Å². The average Bonchev–Trinajstić information content (AvgIpc) is 2.26. The van der Waals surface area contributed by atoms with Crippen LogP contribution in [0.2, 0.25) is 10.0 Å². The fraction of sp³-hybridized carbons (Fsp3) is 0.364. The number of anilines is 1. The summed E-state index contributed by atoms with van der Waals surface area (Å²) in [5, 5.41) is 22.4. The van der Waals surface area contributed by atoms with Crippen molar-refractivity contribution in [1.82, 2.24) is 0 Å². The van der Waals surface area contributed by atoms with Crippen LogP contribution in [0.1, 0.15) is 13.3 Å². The van der Waals surface area contributed by atoms with Crippen LogP contribution in [0.5, 0.6) is 0 Å². The Hall–Kier alpha value is -1.53. The molecule has 0 aliphatic rings. The largest absolute Gasteiger partial charge is 0.481 e. The van der Waals surface area contributed by atoms with Crippen LogP contribution < -0.4 is 5.32 Å². The lowest BCUT2D eigenvalue weighted by molar-refractivity contribution is -0.384. The van der Waals surface area contributed by atoms with E-state index in [1.807, 2.05) is 0 Å². The average molecular weight is 307 g/mol. The summed E-state index contributed by atoms with van der Waals surface area (Å²) in [7, 11) is 0. The Balaban J connectivity index is 2.79. The molecule has 1 aromatic rings. The second-order valence-corrected chi connectivity index (χ2v) is 4.94. The molecular weight excluding hydrogens is 295 g/mol. The lowest BCUT2D eigenvalue weighted by atomic mass is 10.1. The molecule has 0 bridgehead atoms. The lowest BCUT2D eigenvalue weighted by Crippen LogP contribution is -2.15. The number of nitro groups is 1. The van der Waals surface area contributed by atoms with Crippen molar-refractivity contribution in [2.24, 2.45) is 5.92 Å². The molecule has 2 N–H and O–H groups in total. The Labute approximate surface area is 119 Å². The molecule has 0 amide bonds. The van der Waals surface area contributed by atoms with E-state index in [9.17, 15) is 14.9 Å². The SMILES string of the molecule is CC(CNc1c(Cl)cc([N+](=O)[O-])cc1Cl)CC(=O)O. The van der Waals surface area contributed by atoms with Crippen molar-refractivity contribution >= 4 is 40.5 Å². The van der Waals surface area contributed by atoms with E-state index in [0.717, 1.165) is 0 Å². The zero-order chi connectivity index (χ0) is 14.6. The molecule has 0 saturated carbocycles. The van der Waals surface area contributed by atoms with Gasteiger partial charge in [0.15, 0.2) is 0 Å². The molecule has 1 atom stereocenters. The molecule has 1 rings (SSSR count). The summed E-state index contributed by atoms with van der Waals surface area (Å²) in [6.45, 7) is 2.11. The number of nitro benzene ring substituents is 1. The summed E-state index contributed by atoms with van der Waals surface area (Å²) >= 11 is 11.8. The number of non-ortho nitro benzene ring substituents is 1. The first kappa shape index (κ1) is 15.5. The molecule has 0 radical (unpaired) electrons. The Bertz CT molecular complexity index is 484. The number of halogens is 2. The normalized spacial score (nSPS) is 11.9. The van der Waals surface area contributed by atoms with E-state index in [1.54, 1.807) is 6.92 Å². The number of nitrogens with zero attached hydrogens (tertiary/aromatic N) is 1. The highest BCUT2D eigenvalue weighted by Crippen LogP contribution is 2.34. The molecular formula is C11H12Cl2N2O4. The smallest absolute Gasteiger partial charge is 0.303 e. The van der Waals surface area contributed by atoms with Gasteiger partial charge in [0, 0.05) is 25.1 Å². The first-order valence-corrected chi connectivity index (χ1v) is 6.16. The minimum absolute atomic E-state index is 0.00915. The number of carboxylic acid groups (broad SMARTS) is 1. The second-order valence-electron chi connectivity index (χ2n) is 4.13. The molecule has 104 valence electrons. The molecule has 6 nitrogen and oxygen atoms in total. The van der Waals surface area contributed by atoms with Crippen molar-refractivity contribution in [3.63, 3.8) is 0 Å². The van der Waals surface area contributed by atoms with Crippen molar-refractivity contribution in [1.29, 1.82) is 0 Å². The fourth-order valence-corrected chi connectivity index (χ4v) is 2.09. The van der Waals surface area contributed by atoms with Gasteiger partial charge in [0.2, 0.25) is 0 Å². The number of aliphatic carboxylic acids is 1. The predicted molar refractivity (Wildman–Crippen MR) is 73.0 cm³/mol. The predicted octanol–water partition coefficient (Wildman–Crippen LogP) is 3.42. The van der Waals surface area contributed by atoms with Gasteiger partial charge in [0.1, 0.15) is 0 Å². The van der Waals surface area contributed by atoms with Gasteiger partial charge >= 0.3 is 5.97 Å². The van der Waals surface area contributed by atoms with Crippen LogP contribution in [-0.4, -0.2) is 22.5 Å². The highest BCUT2D eigenvalue weighted by molar-refractivity contribution is 6.39. The van der Waals surface area contributed by atoms with Gasteiger partial charge in [-0.1, -0.05) is 30.1 Å². The zero-order valence-electron chi connectivity index (χ0n) is 10.0. The fourth-order valence-electron chi connectivity index (χ4n) is 1.48. The summed E-state index contributed by atoms with van der Waals surface area (Å²) in [6, 6.07) is 2.38. The molecule has 1 aromatic carbocycles. The number of carboxylic acids is 1. The Morgan fingerprint density at radius 1 is 1.47 bits per heavy atom. The summed E-state index contributed by atoms with van der Waals surface area (Å²) in [4.78, 5) is 20.5. The molecule has 0 heterocycles.